The Morgan fingerprint density at radius 3 is 2.33 bits per heavy atom. The molecule has 0 aromatic heterocycles. The Balaban J connectivity index is 1.82. The lowest BCUT2D eigenvalue weighted by atomic mass is 9.96. The fourth-order valence-corrected chi connectivity index (χ4v) is 3.84. The van der Waals surface area contributed by atoms with Gasteiger partial charge in [0.15, 0.2) is 0 Å². The fourth-order valence-electron chi connectivity index (χ4n) is 3.84. The van der Waals surface area contributed by atoms with Gasteiger partial charge in [0, 0.05) is 18.8 Å². The van der Waals surface area contributed by atoms with E-state index in [1.54, 1.807) is 0 Å². The molecule has 1 heterocycles. The van der Waals surface area contributed by atoms with Crippen LogP contribution in [0.15, 0.2) is 24.3 Å². The quantitative estimate of drug-likeness (QED) is 0.421. The standard InChI is InChI=1S/C25H42N2O3/c1-4-6-9-16-25(3,30-20-5-2)24(28)26-22-12-14-23(15-13-22)29-21-19-27-17-10-7-8-11-18-27/h12-15H,4-11,16-21H2,1-3H3,(H,26,28)/t25-/m1/s1. The molecule has 1 N–H and O–H groups in total. The fraction of sp³-hybridized carbons (Fsp3) is 0.720. The second kappa shape index (κ2) is 13.7. The average Bonchev–Trinajstić information content (AvgIpc) is 3.02. The van der Waals surface area contributed by atoms with Crippen LogP contribution in [-0.4, -0.2) is 49.3 Å². The molecule has 1 aliphatic rings. The average molecular weight is 419 g/mol. The molecule has 0 unspecified atom stereocenters. The van der Waals surface area contributed by atoms with E-state index in [0.29, 0.717) is 13.2 Å². The van der Waals surface area contributed by atoms with Crippen LogP contribution in [-0.2, 0) is 9.53 Å². The monoisotopic (exact) mass is 418 g/mol. The van der Waals surface area contributed by atoms with Gasteiger partial charge in [0.2, 0.25) is 0 Å². The number of rotatable bonds is 13. The van der Waals surface area contributed by atoms with Crippen molar-refractivity contribution in [3.8, 4) is 5.75 Å². The summed E-state index contributed by atoms with van der Waals surface area (Å²) in [5.74, 6) is 0.776. The summed E-state index contributed by atoms with van der Waals surface area (Å²) >= 11 is 0. The third-order valence-corrected chi connectivity index (χ3v) is 5.85. The maximum atomic E-state index is 12.9. The van der Waals surface area contributed by atoms with Crippen molar-refractivity contribution in [2.24, 2.45) is 0 Å². The molecule has 1 aromatic carbocycles. The molecule has 0 saturated carbocycles. The summed E-state index contributed by atoms with van der Waals surface area (Å²) in [5, 5.41) is 3.03. The summed E-state index contributed by atoms with van der Waals surface area (Å²) in [7, 11) is 0. The first-order valence-corrected chi connectivity index (χ1v) is 12.0. The van der Waals surface area contributed by atoms with E-state index in [9.17, 15) is 4.79 Å². The molecule has 1 saturated heterocycles. The van der Waals surface area contributed by atoms with Crippen LogP contribution < -0.4 is 10.1 Å². The first-order valence-electron chi connectivity index (χ1n) is 12.0. The van der Waals surface area contributed by atoms with Gasteiger partial charge in [0.05, 0.1) is 0 Å². The summed E-state index contributed by atoms with van der Waals surface area (Å²) < 4.78 is 11.9. The number of hydrogen-bond acceptors (Lipinski definition) is 4. The van der Waals surface area contributed by atoms with Crippen LogP contribution in [0.4, 0.5) is 5.69 Å². The van der Waals surface area contributed by atoms with Gasteiger partial charge in [-0.15, -0.1) is 0 Å². The molecular formula is C25H42N2O3. The summed E-state index contributed by atoms with van der Waals surface area (Å²) in [6.07, 6.45) is 10.2. The number of nitrogens with zero attached hydrogens (tertiary/aromatic N) is 1. The van der Waals surface area contributed by atoms with Crippen LogP contribution >= 0.6 is 0 Å². The Morgan fingerprint density at radius 1 is 1.00 bits per heavy atom. The molecule has 2 rings (SSSR count). The summed E-state index contributed by atoms with van der Waals surface area (Å²) in [5.41, 5.74) is -0.00488. The number of amides is 1. The number of unbranched alkanes of at least 4 members (excludes halogenated alkanes) is 2. The third kappa shape index (κ3) is 8.65. The number of nitrogens with one attached hydrogen (secondary N) is 1. The van der Waals surface area contributed by atoms with E-state index >= 15 is 0 Å². The van der Waals surface area contributed by atoms with E-state index in [-0.39, 0.29) is 5.91 Å². The molecule has 1 fully saturated rings. The predicted molar refractivity (Wildman–Crippen MR) is 124 cm³/mol. The molecule has 1 aromatic rings. The highest BCUT2D eigenvalue weighted by molar-refractivity contribution is 5.97. The van der Waals surface area contributed by atoms with E-state index in [0.717, 1.165) is 50.1 Å². The molecule has 1 atom stereocenters. The summed E-state index contributed by atoms with van der Waals surface area (Å²) in [6.45, 7) is 10.8. The van der Waals surface area contributed by atoms with Crippen molar-refractivity contribution in [2.75, 3.05) is 38.2 Å². The highest BCUT2D eigenvalue weighted by Gasteiger charge is 2.33. The number of carbonyl (C=O) groups is 1. The topological polar surface area (TPSA) is 50.8 Å². The van der Waals surface area contributed by atoms with Crippen molar-refractivity contribution in [3.05, 3.63) is 24.3 Å². The lowest BCUT2D eigenvalue weighted by Gasteiger charge is -2.28. The van der Waals surface area contributed by atoms with Gasteiger partial charge >= 0.3 is 0 Å². The number of anilines is 1. The van der Waals surface area contributed by atoms with Crippen molar-refractivity contribution >= 4 is 11.6 Å². The molecule has 0 spiro atoms. The first kappa shape index (κ1) is 24.7. The first-order chi connectivity index (χ1) is 14.6. The molecule has 5 nitrogen and oxygen atoms in total. The second-order valence-corrected chi connectivity index (χ2v) is 8.62. The largest absolute Gasteiger partial charge is 0.492 e. The van der Waals surface area contributed by atoms with Crippen LogP contribution in [0, 0.1) is 0 Å². The predicted octanol–water partition coefficient (Wildman–Crippen LogP) is 5.65. The maximum absolute atomic E-state index is 12.9. The number of ether oxygens (including phenoxy) is 2. The van der Waals surface area contributed by atoms with Gasteiger partial charge in [-0.1, -0.05) is 46.0 Å². The maximum Gasteiger partial charge on any atom is 0.256 e. The Morgan fingerprint density at radius 2 is 1.70 bits per heavy atom. The summed E-state index contributed by atoms with van der Waals surface area (Å²) in [6, 6.07) is 7.68. The van der Waals surface area contributed by atoms with Gasteiger partial charge < -0.3 is 14.8 Å². The van der Waals surface area contributed by atoms with Crippen LogP contribution in [0.2, 0.25) is 0 Å². The molecule has 1 amide bonds. The highest BCUT2D eigenvalue weighted by atomic mass is 16.5. The van der Waals surface area contributed by atoms with Crippen LogP contribution in [0.5, 0.6) is 5.75 Å². The van der Waals surface area contributed by atoms with Crippen molar-refractivity contribution in [2.45, 2.75) is 84.2 Å². The smallest absolute Gasteiger partial charge is 0.256 e. The van der Waals surface area contributed by atoms with E-state index in [4.69, 9.17) is 9.47 Å². The van der Waals surface area contributed by atoms with Crippen molar-refractivity contribution < 1.29 is 14.3 Å². The van der Waals surface area contributed by atoms with Gasteiger partial charge in [-0.05, 0) is 70.0 Å². The summed E-state index contributed by atoms with van der Waals surface area (Å²) in [4.78, 5) is 15.4. The van der Waals surface area contributed by atoms with Gasteiger partial charge in [-0.25, -0.2) is 0 Å². The zero-order chi connectivity index (χ0) is 21.7. The van der Waals surface area contributed by atoms with E-state index in [1.807, 2.05) is 31.2 Å². The highest BCUT2D eigenvalue weighted by Crippen LogP contribution is 2.24. The number of likely N-dealkylation sites (tertiary alicyclic amines) is 1. The Bertz CT molecular complexity index is 597. The van der Waals surface area contributed by atoms with Gasteiger partial charge in [-0.3, -0.25) is 9.69 Å². The second-order valence-electron chi connectivity index (χ2n) is 8.62. The van der Waals surface area contributed by atoms with Crippen LogP contribution in [0.3, 0.4) is 0 Å². The molecule has 1 aliphatic heterocycles. The van der Waals surface area contributed by atoms with Crippen molar-refractivity contribution in [3.63, 3.8) is 0 Å². The Hall–Kier alpha value is -1.59. The van der Waals surface area contributed by atoms with Crippen molar-refractivity contribution in [1.82, 2.24) is 4.90 Å². The molecule has 0 aliphatic carbocycles. The molecular weight excluding hydrogens is 376 g/mol. The van der Waals surface area contributed by atoms with E-state index < -0.39 is 5.60 Å². The molecule has 170 valence electrons. The minimum Gasteiger partial charge on any atom is -0.492 e. The lowest BCUT2D eigenvalue weighted by Crippen LogP contribution is -2.43. The number of carbonyl (C=O) groups excluding carboxylic acids is 1. The van der Waals surface area contributed by atoms with Gasteiger partial charge in [-0.2, -0.15) is 0 Å². The zero-order valence-electron chi connectivity index (χ0n) is 19.4. The SMILES string of the molecule is CCCCC[C@@](C)(OCCC)C(=O)Nc1ccc(OCCN2CCCCCC2)cc1. The third-order valence-electron chi connectivity index (χ3n) is 5.85. The zero-order valence-corrected chi connectivity index (χ0v) is 19.4. The van der Waals surface area contributed by atoms with Gasteiger partial charge in [0.25, 0.3) is 5.91 Å². The minimum atomic E-state index is -0.784. The lowest BCUT2D eigenvalue weighted by molar-refractivity contribution is -0.140. The van der Waals surface area contributed by atoms with Crippen molar-refractivity contribution in [1.29, 1.82) is 0 Å². The normalized spacial score (nSPS) is 17.2. The van der Waals surface area contributed by atoms with E-state index in [2.05, 4.69) is 24.1 Å². The van der Waals surface area contributed by atoms with Gasteiger partial charge in [0.1, 0.15) is 18.0 Å². The number of hydrogen-bond donors (Lipinski definition) is 1. The van der Waals surface area contributed by atoms with E-state index in [1.165, 1.54) is 38.8 Å². The minimum absolute atomic E-state index is 0.0677. The van der Waals surface area contributed by atoms with Crippen LogP contribution in [0.25, 0.3) is 0 Å². The molecule has 5 heteroatoms. The Kier molecular flexibility index (Phi) is 11.2. The molecule has 0 radical (unpaired) electrons. The number of benzene rings is 1. The van der Waals surface area contributed by atoms with Crippen LogP contribution in [0.1, 0.15) is 78.6 Å². The Labute approximate surface area is 183 Å². The molecule has 30 heavy (non-hydrogen) atoms. The molecule has 0 bridgehead atoms.